The van der Waals surface area contributed by atoms with E-state index in [4.69, 9.17) is 5.73 Å². The highest BCUT2D eigenvalue weighted by Gasteiger charge is 2.08. The first-order valence-electron chi connectivity index (χ1n) is 5.07. The number of anilines is 1. The standard InChI is InChI=1S/C10H18N4/c1-3-14(4-2)10-9(5-6-11)7-12-8-13-10/h7-8H,3-6,11H2,1-2H3. The minimum absolute atomic E-state index is 0.641. The van der Waals surface area contributed by atoms with Crippen LogP contribution in [0.2, 0.25) is 0 Å². The van der Waals surface area contributed by atoms with Gasteiger partial charge in [0.15, 0.2) is 0 Å². The van der Waals surface area contributed by atoms with Crippen LogP contribution in [-0.2, 0) is 6.42 Å². The van der Waals surface area contributed by atoms with Gasteiger partial charge in [-0.3, -0.25) is 0 Å². The zero-order chi connectivity index (χ0) is 10.4. The van der Waals surface area contributed by atoms with Crippen molar-refractivity contribution in [3.05, 3.63) is 18.1 Å². The lowest BCUT2D eigenvalue weighted by molar-refractivity contribution is 0.819. The maximum atomic E-state index is 5.54. The smallest absolute Gasteiger partial charge is 0.135 e. The predicted molar refractivity (Wildman–Crippen MR) is 58.4 cm³/mol. The van der Waals surface area contributed by atoms with Crippen LogP contribution >= 0.6 is 0 Å². The molecule has 78 valence electrons. The molecule has 1 rings (SSSR count). The van der Waals surface area contributed by atoms with Crippen LogP contribution in [0.25, 0.3) is 0 Å². The first kappa shape index (κ1) is 10.9. The summed E-state index contributed by atoms with van der Waals surface area (Å²) in [6.45, 7) is 6.81. The molecule has 0 atom stereocenters. The van der Waals surface area contributed by atoms with Crippen molar-refractivity contribution >= 4 is 5.82 Å². The quantitative estimate of drug-likeness (QED) is 0.754. The van der Waals surface area contributed by atoms with Crippen molar-refractivity contribution < 1.29 is 0 Å². The predicted octanol–water partition coefficient (Wildman–Crippen LogP) is 0.824. The molecule has 0 spiro atoms. The highest BCUT2D eigenvalue weighted by Crippen LogP contribution is 2.15. The van der Waals surface area contributed by atoms with Crippen LogP contribution in [0.4, 0.5) is 5.82 Å². The molecule has 0 fully saturated rings. The Labute approximate surface area is 85.2 Å². The average Bonchev–Trinajstić information content (AvgIpc) is 2.23. The average molecular weight is 194 g/mol. The van der Waals surface area contributed by atoms with Gasteiger partial charge in [-0.15, -0.1) is 0 Å². The van der Waals surface area contributed by atoms with E-state index in [1.165, 1.54) is 0 Å². The fourth-order valence-electron chi connectivity index (χ4n) is 1.49. The Hall–Kier alpha value is -1.16. The van der Waals surface area contributed by atoms with Crippen molar-refractivity contribution in [2.75, 3.05) is 24.5 Å². The monoisotopic (exact) mass is 194 g/mol. The van der Waals surface area contributed by atoms with E-state index in [1.54, 1.807) is 6.33 Å². The molecular weight excluding hydrogens is 176 g/mol. The molecule has 0 aliphatic carbocycles. The second-order valence-corrected chi connectivity index (χ2v) is 3.08. The highest BCUT2D eigenvalue weighted by atomic mass is 15.2. The molecule has 2 N–H and O–H groups in total. The molecule has 1 aromatic heterocycles. The molecule has 1 heterocycles. The lowest BCUT2D eigenvalue weighted by atomic mass is 10.2. The number of nitrogens with two attached hydrogens (primary N) is 1. The maximum Gasteiger partial charge on any atom is 0.135 e. The van der Waals surface area contributed by atoms with E-state index in [0.717, 1.165) is 30.9 Å². The van der Waals surface area contributed by atoms with Gasteiger partial charge in [0.25, 0.3) is 0 Å². The van der Waals surface area contributed by atoms with E-state index in [2.05, 4.69) is 28.7 Å². The van der Waals surface area contributed by atoms with Gasteiger partial charge in [0.05, 0.1) is 0 Å². The van der Waals surface area contributed by atoms with Gasteiger partial charge in [-0.1, -0.05) is 0 Å². The van der Waals surface area contributed by atoms with E-state index in [9.17, 15) is 0 Å². The molecule has 0 aromatic carbocycles. The van der Waals surface area contributed by atoms with Gasteiger partial charge in [0.1, 0.15) is 12.1 Å². The van der Waals surface area contributed by atoms with E-state index in [-0.39, 0.29) is 0 Å². The van der Waals surface area contributed by atoms with Crippen molar-refractivity contribution in [1.82, 2.24) is 9.97 Å². The summed E-state index contributed by atoms with van der Waals surface area (Å²) in [4.78, 5) is 10.5. The summed E-state index contributed by atoms with van der Waals surface area (Å²) in [7, 11) is 0. The molecule has 0 aliphatic heterocycles. The molecule has 0 aliphatic rings. The zero-order valence-electron chi connectivity index (χ0n) is 8.90. The number of nitrogens with zero attached hydrogens (tertiary/aromatic N) is 3. The summed E-state index contributed by atoms with van der Waals surface area (Å²) in [5.74, 6) is 1.02. The van der Waals surface area contributed by atoms with Crippen LogP contribution in [0.1, 0.15) is 19.4 Å². The molecule has 0 unspecified atom stereocenters. The van der Waals surface area contributed by atoms with Crippen molar-refractivity contribution in [3.63, 3.8) is 0 Å². The molecule has 1 aromatic rings. The normalized spacial score (nSPS) is 10.2. The van der Waals surface area contributed by atoms with Crippen LogP contribution in [0.5, 0.6) is 0 Å². The Balaban J connectivity index is 2.92. The minimum Gasteiger partial charge on any atom is -0.357 e. The summed E-state index contributed by atoms with van der Waals surface area (Å²) in [5, 5.41) is 0. The van der Waals surface area contributed by atoms with E-state index in [0.29, 0.717) is 6.54 Å². The van der Waals surface area contributed by atoms with Crippen molar-refractivity contribution in [2.24, 2.45) is 5.73 Å². The summed E-state index contributed by atoms with van der Waals surface area (Å²) in [6.07, 6.45) is 4.29. The van der Waals surface area contributed by atoms with E-state index >= 15 is 0 Å². The Bertz CT molecular complexity index is 271. The third-order valence-corrected chi connectivity index (χ3v) is 2.24. The van der Waals surface area contributed by atoms with Crippen LogP contribution in [0.3, 0.4) is 0 Å². The molecule has 14 heavy (non-hydrogen) atoms. The van der Waals surface area contributed by atoms with Gasteiger partial charge in [-0.05, 0) is 26.8 Å². The van der Waals surface area contributed by atoms with Crippen LogP contribution in [0.15, 0.2) is 12.5 Å². The summed E-state index contributed by atoms with van der Waals surface area (Å²) in [6, 6.07) is 0. The first-order valence-corrected chi connectivity index (χ1v) is 5.07. The van der Waals surface area contributed by atoms with Crippen LogP contribution < -0.4 is 10.6 Å². The first-order chi connectivity index (χ1) is 6.83. The lowest BCUT2D eigenvalue weighted by Crippen LogP contribution is -2.25. The van der Waals surface area contributed by atoms with Crippen molar-refractivity contribution in [2.45, 2.75) is 20.3 Å². The Morgan fingerprint density at radius 1 is 1.36 bits per heavy atom. The maximum absolute atomic E-state index is 5.54. The van der Waals surface area contributed by atoms with Gasteiger partial charge >= 0.3 is 0 Å². The van der Waals surface area contributed by atoms with Crippen molar-refractivity contribution in [3.8, 4) is 0 Å². The third-order valence-electron chi connectivity index (χ3n) is 2.24. The largest absolute Gasteiger partial charge is 0.357 e. The SMILES string of the molecule is CCN(CC)c1ncncc1CCN. The number of hydrogen-bond acceptors (Lipinski definition) is 4. The molecular formula is C10H18N4. The Morgan fingerprint density at radius 2 is 2.07 bits per heavy atom. The second kappa shape index (κ2) is 5.54. The van der Waals surface area contributed by atoms with Gasteiger partial charge in [-0.25, -0.2) is 9.97 Å². The molecule has 0 saturated carbocycles. The number of aromatic nitrogens is 2. The number of hydrogen-bond donors (Lipinski definition) is 1. The highest BCUT2D eigenvalue weighted by molar-refractivity contribution is 5.45. The Kier molecular flexibility index (Phi) is 4.32. The molecule has 0 saturated heterocycles. The Morgan fingerprint density at radius 3 is 2.64 bits per heavy atom. The van der Waals surface area contributed by atoms with Gasteiger partial charge < -0.3 is 10.6 Å². The van der Waals surface area contributed by atoms with Crippen molar-refractivity contribution in [1.29, 1.82) is 0 Å². The zero-order valence-corrected chi connectivity index (χ0v) is 8.90. The van der Waals surface area contributed by atoms with Gasteiger partial charge in [0, 0.05) is 24.8 Å². The summed E-state index contributed by atoms with van der Waals surface area (Å²) in [5.41, 5.74) is 6.68. The summed E-state index contributed by atoms with van der Waals surface area (Å²) >= 11 is 0. The third kappa shape index (κ3) is 2.42. The molecule has 4 nitrogen and oxygen atoms in total. The fourth-order valence-corrected chi connectivity index (χ4v) is 1.49. The molecule has 0 amide bonds. The van der Waals surface area contributed by atoms with E-state index < -0.39 is 0 Å². The molecule has 0 radical (unpaired) electrons. The topological polar surface area (TPSA) is 55.0 Å². The fraction of sp³-hybridized carbons (Fsp3) is 0.600. The van der Waals surface area contributed by atoms with Gasteiger partial charge in [-0.2, -0.15) is 0 Å². The van der Waals surface area contributed by atoms with Crippen LogP contribution in [0, 0.1) is 0 Å². The number of rotatable bonds is 5. The van der Waals surface area contributed by atoms with E-state index in [1.807, 2.05) is 6.20 Å². The lowest BCUT2D eigenvalue weighted by Gasteiger charge is -2.21. The minimum atomic E-state index is 0.641. The van der Waals surface area contributed by atoms with Gasteiger partial charge in [0.2, 0.25) is 0 Å². The molecule has 0 bridgehead atoms. The molecule has 4 heteroatoms. The second-order valence-electron chi connectivity index (χ2n) is 3.08. The summed E-state index contributed by atoms with van der Waals surface area (Å²) < 4.78 is 0. The van der Waals surface area contributed by atoms with Crippen LogP contribution in [-0.4, -0.2) is 29.6 Å².